The van der Waals surface area contributed by atoms with Crippen LogP contribution in [-0.2, 0) is 5.88 Å². The minimum absolute atomic E-state index is 0.361. The summed E-state index contributed by atoms with van der Waals surface area (Å²) in [4.78, 5) is 0. The van der Waals surface area contributed by atoms with Gasteiger partial charge in [0.1, 0.15) is 5.69 Å². The molecule has 0 atom stereocenters. The Morgan fingerprint density at radius 1 is 1.23 bits per heavy atom. The van der Waals surface area contributed by atoms with Crippen LogP contribution in [0.5, 0.6) is 0 Å². The first-order valence-corrected chi connectivity index (χ1v) is 4.50. The number of nitrogens with zero attached hydrogens (tertiary/aromatic N) is 1. The average Bonchev–Trinajstić information content (AvgIpc) is 2.67. The van der Waals surface area contributed by atoms with Crippen molar-refractivity contribution in [3.63, 3.8) is 0 Å². The largest absolute Gasteiger partial charge is 0.359 e. The number of hydrogen-bond acceptors (Lipinski definition) is 2. The number of halogens is 1. The van der Waals surface area contributed by atoms with Crippen molar-refractivity contribution >= 4 is 11.6 Å². The van der Waals surface area contributed by atoms with Crippen LogP contribution in [0.1, 0.15) is 5.76 Å². The molecular weight excluding hydrogens is 186 g/mol. The summed E-state index contributed by atoms with van der Waals surface area (Å²) in [5, 5.41) is 3.90. The van der Waals surface area contributed by atoms with E-state index in [1.165, 1.54) is 0 Å². The van der Waals surface area contributed by atoms with Crippen LogP contribution in [-0.4, -0.2) is 5.16 Å². The van der Waals surface area contributed by atoms with Gasteiger partial charge in [0.2, 0.25) is 0 Å². The molecule has 2 rings (SSSR count). The molecule has 2 nitrogen and oxygen atoms in total. The van der Waals surface area contributed by atoms with Gasteiger partial charge in [0.15, 0.2) is 5.76 Å². The predicted molar refractivity (Wildman–Crippen MR) is 51.5 cm³/mol. The molecule has 0 aliphatic rings. The number of aromatic nitrogens is 1. The Hall–Kier alpha value is -1.28. The molecule has 1 aromatic heterocycles. The molecule has 66 valence electrons. The van der Waals surface area contributed by atoms with E-state index < -0.39 is 0 Å². The van der Waals surface area contributed by atoms with Crippen molar-refractivity contribution < 1.29 is 4.52 Å². The summed E-state index contributed by atoms with van der Waals surface area (Å²) in [5.74, 6) is 1.06. The van der Waals surface area contributed by atoms with E-state index in [-0.39, 0.29) is 0 Å². The van der Waals surface area contributed by atoms with Crippen LogP contribution in [0.25, 0.3) is 11.3 Å². The normalized spacial score (nSPS) is 10.2. The molecule has 0 bridgehead atoms. The van der Waals surface area contributed by atoms with Crippen LogP contribution in [0, 0.1) is 0 Å². The Labute approximate surface area is 81.1 Å². The van der Waals surface area contributed by atoms with Crippen molar-refractivity contribution in [2.24, 2.45) is 0 Å². The van der Waals surface area contributed by atoms with Crippen LogP contribution in [0.15, 0.2) is 40.9 Å². The van der Waals surface area contributed by atoms with Crippen LogP contribution in [0.3, 0.4) is 0 Å². The molecule has 0 saturated carbocycles. The first kappa shape index (κ1) is 8.32. The van der Waals surface area contributed by atoms with Gasteiger partial charge in [-0.2, -0.15) is 0 Å². The van der Waals surface area contributed by atoms with Crippen molar-refractivity contribution in [2.75, 3.05) is 0 Å². The summed E-state index contributed by atoms with van der Waals surface area (Å²) in [6.07, 6.45) is 0. The van der Waals surface area contributed by atoms with Crippen molar-refractivity contribution in [3.05, 3.63) is 42.2 Å². The van der Waals surface area contributed by atoms with Crippen molar-refractivity contribution in [1.29, 1.82) is 0 Å². The van der Waals surface area contributed by atoms with E-state index in [4.69, 9.17) is 16.1 Å². The second kappa shape index (κ2) is 3.62. The van der Waals surface area contributed by atoms with Crippen molar-refractivity contribution in [3.8, 4) is 11.3 Å². The fourth-order valence-corrected chi connectivity index (χ4v) is 1.25. The summed E-state index contributed by atoms with van der Waals surface area (Å²) >= 11 is 5.59. The van der Waals surface area contributed by atoms with E-state index in [0.29, 0.717) is 11.6 Å². The quantitative estimate of drug-likeness (QED) is 0.686. The molecule has 0 aliphatic heterocycles. The molecule has 13 heavy (non-hydrogen) atoms. The SMILES string of the molecule is ClCc1cc(-c2ccccc2)no1. The van der Waals surface area contributed by atoms with Crippen molar-refractivity contribution in [1.82, 2.24) is 5.16 Å². The second-order valence-electron chi connectivity index (χ2n) is 2.68. The van der Waals surface area contributed by atoms with Crippen LogP contribution in [0.4, 0.5) is 0 Å². The minimum atomic E-state index is 0.361. The lowest BCUT2D eigenvalue weighted by molar-refractivity contribution is 0.396. The fraction of sp³-hybridized carbons (Fsp3) is 0.100. The molecule has 1 aromatic carbocycles. The minimum Gasteiger partial charge on any atom is -0.359 e. The lowest BCUT2D eigenvalue weighted by Crippen LogP contribution is -1.73. The molecule has 0 amide bonds. The number of alkyl halides is 1. The van der Waals surface area contributed by atoms with Gasteiger partial charge < -0.3 is 4.52 Å². The van der Waals surface area contributed by atoms with Gasteiger partial charge >= 0.3 is 0 Å². The topological polar surface area (TPSA) is 26.0 Å². The van der Waals surface area contributed by atoms with Gasteiger partial charge in [-0.1, -0.05) is 35.5 Å². The van der Waals surface area contributed by atoms with Crippen LogP contribution in [0.2, 0.25) is 0 Å². The second-order valence-corrected chi connectivity index (χ2v) is 2.95. The Morgan fingerprint density at radius 3 is 2.62 bits per heavy atom. The fourth-order valence-electron chi connectivity index (χ4n) is 1.12. The maximum absolute atomic E-state index is 5.59. The van der Waals surface area contributed by atoms with Crippen molar-refractivity contribution in [2.45, 2.75) is 5.88 Å². The highest BCUT2D eigenvalue weighted by atomic mass is 35.5. The highest BCUT2D eigenvalue weighted by Crippen LogP contribution is 2.18. The number of rotatable bonds is 2. The molecule has 0 aliphatic carbocycles. The Kier molecular flexibility index (Phi) is 2.32. The Balaban J connectivity index is 2.36. The van der Waals surface area contributed by atoms with Crippen LogP contribution < -0.4 is 0 Å². The van der Waals surface area contributed by atoms with Gasteiger partial charge in [0.25, 0.3) is 0 Å². The standard InChI is InChI=1S/C10H8ClNO/c11-7-9-6-10(12-13-9)8-4-2-1-3-5-8/h1-6H,7H2. The van der Waals surface area contributed by atoms with Gasteiger partial charge in [-0.3, -0.25) is 0 Å². The first-order chi connectivity index (χ1) is 6.40. The zero-order valence-corrected chi connectivity index (χ0v) is 7.66. The summed E-state index contributed by atoms with van der Waals surface area (Å²) in [7, 11) is 0. The molecule has 3 heteroatoms. The maximum atomic E-state index is 5.59. The zero-order valence-electron chi connectivity index (χ0n) is 6.90. The summed E-state index contributed by atoms with van der Waals surface area (Å²) < 4.78 is 4.99. The molecule has 0 saturated heterocycles. The van der Waals surface area contributed by atoms with E-state index >= 15 is 0 Å². The first-order valence-electron chi connectivity index (χ1n) is 3.97. The molecule has 0 N–H and O–H groups in total. The Morgan fingerprint density at radius 2 is 2.00 bits per heavy atom. The zero-order chi connectivity index (χ0) is 9.10. The average molecular weight is 194 g/mol. The van der Waals surface area contributed by atoms with Gasteiger partial charge in [-0.15, -0.1) is 11.6 Å². The summed E-state index contributed by atoms with van der Waals surface area (Å²) in [5.41, 5.74) is 1.87. The van der Waals surface area contributed by atoms with E-state index in [2.05, 4.69) is 5.16 Å². The third kappa shape index (κ3) is 1.73. The highest BCUT2D eigenvalue weighted by Gasteiger charge is 2.03. The third-order valence-corrected chi connectivity index (χ3v) is 2.02. The molecule has 0 fully saturated rings. The van der Waals surface area contributed by atoms with E-state index in [1.807, 2.05) is 36.4 Å². The van der Waals surface area contributed by atoms with E-state index in [0.717, 1.165) is 11.3 Å². The van der Waals surface area contributed by atoms with Gasteiger partial charge in [-0.05, 0) is 0 Å². The summed E-state index contributed by atoms with van der Waals surface area (Å²) in [6.45, 7) is 0. The highest BCUT2D eigenvalue weighted by molar-refractivity contribution is 6.16. The monoisotopic (exact) mass is 193 g/mol. The molecule has 0 unspecified atom stereocenters. The molecule has 1 heterocycles. The predicted octanol–water partition coefficient (Wildman–Crippen LogP) is 3.08. The molecular formula is C10H8ClNO. The third-order valence-electron chi connectivity index (χ3n) is 1.76. The van der Waals surface area contributed by atoms with Gasteiger partial charge in [0, 0.05) is 11.6 Å². The summed E-state index contributed by atoms with van der Waals surface area (Å²) in [6, 6.07) is 11.7. The maximum Gasteiger partial charge on any atom is 0.152 e. The van der Waals surface area contributed by atoms with E-state index in [9.17, 15) is 0 Å². The van der Waals surface area contributed by atoms with Crippen LogP contribution >= 0.6 is 11.6 Å². The molecule has 0 radical (unpaired) electrons. The van der Waals surface area contributed by atoms with Gasteiger partial charge in [0.05, 0.1) is 5.88 Å². The Bertz CT molecular complexity index is 383. The lowest BCUT2D eigenvalue weighted by Gasteiger charge is -1.91. The smallest absolute Gasteiger partial charge is 0.152 e. The number of benzene rings is 1. The number of hydrogen-bond donors (Lipinski definition) is 0. The van der Waals surface area contributed by atoms with E-state index in [1.54, 1.807) is 0 Å². The van der Waals surface area contributed by atoms with Gasteiger partial charge in [-0.25, -0.2) is 0 Å². The lowest BCUT2D eigenvalue weighted by atomic mass is 10.1. The molecule has 2 aromatic rings. The molecule has 0 spiro atoms.